The number of thiazole rings is 1. The van der Waals surface area contributed by atoms with Crippen LogP contribution >= 0.6 is 11.3 Å². The van der Waals surface area contributed by atoms with Crippen molar-refractivity contribution in [3.05, 3.63) is 28.6 Å². The normalized spacial score (nSPS) is 10.4. The molecule has 2 rings (SSSR count). The van der Waals surface area contributed by atoms with Crippen LogP contribution in [0.15, 0.2) is 17.5 Å². The molecule has 0 aliphatic heterocycles. The largest absolute Gasteiger partial charge is 0.496 e. The fourth-order valence-electron chi connectivity index (χ4n) is 1.67. The molecule has 1 aromatic carbocycles. The van der Waals surface area contributed by atoms with Crippen molar-refractivity contribution in [2.45, 2.75) is 13.8 Å². The van der Waals surface area contributed by atoms with Crippen LogP contribution in [0, 0.1) is 13.8 Å². The summed E-state index contributed by atoms with van der Waals surface area (Å²) in [4.78, 5) is 4.51. The fourth-order valence-corrected chi connectivity index (χ4v) is 2.34. The van der Waals surface area contributed by atoms with Gasteiger partial charge in [0.05, 0.1) is 12.8 Å². The van der Waals surface area contributed by atoms with Crippen LogP contribution < -0.4 is 10.1 Å². The lowest BCUT2D eigenvalue weighted by Gasteiger charge is -2.09. The van der Waals surface area contributed by atoms with Gasteiger partial charge in [-0.2, -0.15) is 0 Å². The summed E-state index contributed by atoms with van der Waals surface area (Å²) in [5.74, 6) is 0.876. The molecule has 0 radical (unpaired) electrons. The van der Waals surface area contributed by atoms with E-state index in [9.17, 15) is 0 Å². The third-order valence-corrected chi connectivity index (χ3v) is 3.67. The number of ether oxygens (including phenoxy) is 1. The van der Waals surface area contributed by atoms with Crippen molar-refractivity contribution in [2.24, 2.45) is 0 Å². The predicted octanol–water partition coefficient (Wildman–Crippen LogP) is 3.48. The van der Waals surface area contributed by atoms with E-state index in [-0.39, 0.29) is 0 Å². The zero-order valence-electron chi connectivity index (χ0n) is 10.5. The minimum Gasteiger partial charge on any atom is -0.496 e. The molecule has 1 aromatic heterocycles. The molecule has 0 fully saturated rings. The van der Waals surface area contributed by atoms with E-state index in [2.05, 4.69) is 36.3 Å². The van der Waals surface area contributed by atoms with E-state index in [4.69, 9.17) is 4.74 Å². The molecule has 90 valence electrons. The Kier molecular flexibility index (Phi) is 3.33. The Morgan fingerprint density at radius 3 is 2.53 bits per heavy atom. The summed E-state index contributed by atoms with van der Waals surface area (Å²) in [6, 6.07) is 4.19. The van der Waals surface area contributed by atoms with E-state index in [1.165, 1.54) is 11.1 Å². The summed E-state index contributed by atoms with van der Waals surface area (Å²) >= 11 is 1.60. The van der Waals surface area contributed by atoms with Crippen LogP contribution in [0.3, 0.4) is 0 Å². The number of nitrogens with one attached hydrogen (secondary N) is 1. The molecule has 0 unspecified atom stereocenters. The number of benzene rings is 1. The Hall–Kier alpha value is -1.55. The lowest BCUT2D eigenvalue weighted by atomic mass is 10.0. The summed E-state index contributed by atoms with van der Waals surface area (Å²) < 4.78 is 5.42. The first kappa shape index (κ1) is 11.9. The molecule has 0 saturated heterocycles. The van der Waals surface area contributed by atoms with Crippen LogP contribution in [0.1, 0.15) is 11.1 Å². The van der Waals surface area contributed by atoms with Gasteiger partial charge in [0.2, 0.25) is 0 Å². The Morgan fingerprint density at radius 2 is 1.94 bits per heavy atom. The highest BCUT2D eigenvalue weighted by molar-refractivity contribution is 7.14. The number of hydrogen-bond donors (Lipinski definition) is 1. The first-order valence-electron chi connectivity index (χ1n) is 5.44. The number of hydrogen-bond acceptors (Lipinski definition) is 4. The molecule has 0 spiro atoms. The molecule has 2 aromatic rings. The van der Waals surface area contributed by atoms with Gasteiger partial charge in [0.1, 0.15) is 5.75 Å². The SMILES string of the molecule is CNc1nc(-c2cc(C)c(C)cc2OC)cs1. The van der Waals surface area contributed by atoms with Gasteiger partial charge in [-0.3, -0.25) is 0 Å². The van der Waals surface area contributed by atoms with Gasteiger partial charge in [0.15, 0.2) is 5.13 Å². The quantitative estimate of drug-likeness (QED) is 0.903. The van der Waals surface area contributed by atoms with Crippen LogP contribution in [0.2, 0.25) is 0 Å². The molecule has 17 heavy (non-hydrogen) atoms. The highest BCUT2D eigenvalue weighted by Crippen LogP contribution is 2.34. The fraction of sp³-hybridized carbons (Fsp3) is 0.308. The van der Waals surface area contributed by atoms with Gasteiger partial charge in [-0.1, -0.05) is 0 Å². The molecule has 0 aliphatic carbocycles. The Labute approximate surface area is 105 Å². The topological polar surface area (TPSA) is 34.2 Å². The summed E-state index contributed by atoms with van der Waals surface area (Å²) in [6.07, 6.45) is 0. The lowest BCUT2D eigenvalue weighted by molar-refractivity contribution is 0.416. The number of nitrogens with zero attached hydrogens (tertiary/aromatic N) is 1. The summed E-state index contributed by atoms with van der Waals surface area (Å²) in [7, 11) is 3.57. The zero-order valence-corrected chi connectivity index (χ0v) is 11.3. The van der Waals surface area contributed by atoms with E-state index in [1.54, 1.807) is 18.4 Å². The van der Waals surface area contributed by atoms with Gasteiger partial charge in [0.25, 0.3) is 0 Å². The van der Waals surface area contributed by atoms with Crippen LogP contribution in [0.5, 0.6) is 5.75 Å². The van der Waals surface area contributed by atoms with Crippen molar-refractivity contribution in [2.75, 3.05) is 19.5 Å². The molecular formula is C13H16N2OS. The molecule has 0 saturated carbocycles. The van der Waals surface area contributed by atoms with Crippen molar-refractivity contribution in [1.82, 2.24) is 4.98 Å². The van der Waals surface area contributed by atoms with Crippen LogP contribution in [-0.4, -0.2) is 19.1 Å². The minimum atomic E-state index is 0.876. The molecular weight excluding hydrogens is 232 g/mol. The first-order chi connectivity index (χ1) is 8.15. The van der Waals surface area contributed by atoms with Crippen LogP contribution in [0.25, 0.3) is 11.3 Å². The molecule has 1 heterocycles. The van der Waals surface area contributed by atoms with E-state index >= 15 is 0 Å². The van der Waals surface area contributed by atoms with E-state index in [0.717, 1.165) is 22.1 Å². The van der Waals surface area contributed by atoms with Crippen molar-refractivity contribution in [3.8, 4) is 17.0 Å². The van der Waals surface area contributed by atoms with E-state index in [0.29, 0.717) is 0 Å². The third-order valence-electron chi connectivity index (χ3n) is 2.81. The van der Waals surface area contributed by atoms with Gasteiger partial charge in [-0.15, -0.1) is 11.3 Å². The number of methoxy groups -OCH3 is 1. The third kappa shape index (κ3) is 2.26. The molecule has 3 nitrogen and oxygen atoms in total. The Bertz CT molecular complexity index is 534. The Balaban J connectivity index is 2.53. The van der Waals surface area contributed by atoms with Crippen molar-refractivity contribution in [1.29, 1.82) is 0 Å². The molecule has 0 aliphatic rings. The van der Waals surface area contributed by atoms with Crippen molar-refractivity contribution < 1.29 is 4.74 Å². The molecule has 1 N–H and O–H groups in total. The van der Waals surface area contributed by atoms with Crippen molar-refractivity contribution in [3.63, 3.8) is 0 Å². The monoisotopic (exact) mass is 248 g/mol. The highest BCUT2D eigenvalue weighted by Gasteiger charge is 2.11. The maximum atomic E-state index is 5.42. The number of aryl methyl sites for hydroxylation is 2. The smallest absolute Gasteiger partial charge is 0.182 e. The predicted molar refractivity (Wildman–Crippen MR) is 73.1 cm³/mol. The van der Waals surface area contributed by atoms with E-state index < -0.39 is 0 Å². The summed E-state index contributed by atoms with van der Waals surface area (Å²) in [6.45, 7) is 4.19. The molecule has 0 bridgehead atoms. The molecule has 0 atom stereocenters. The first-order valence-corrected chi connectivity index (χ1v) is 6.32. The van der Waals surface area contributed by atoms with Crippen molar-refractivity contribution >= 4 is 16.5 Å². The average Bonchev–Trinajstić information content (AvgIpc) is 2.80. The second-order valence-corrected chi connectivity index (χ2v) is 4.78. The van der Waals surface area contributed by atoms with Gasteiger partial charge in [-0.05, 0) is 37.1 Å². The molecule has 0 amide bonds. The second kappa shape index (κ2) is 4.75. The highest BCUT2D eigenvalue weighted by atomic mass is 32.1. The minimum absolute atomic E-state index is 0.876. The second-order valence-electron chi connectivity index (χ2n) is 3.92. The van der Waals surface area contributed by atoms with Crippen LogP contribution in [-0.2, 0) is 0 Å². The average molecular weight is 248 g/mol. The van der Waals surface area contributed by atoms with Gasteiger partial charge in [-0.25, -0.2) is 4.98 Å². The Morgan fingerprint density at radius 1 is 1.24 bits per heavy atom. The van der Waals surface area contributed by atoms with Gasteiger partial charge in [0, 0.05) is 18.0 Å². The van der Waals surface area contributed by atoms with Gasteiger partial charge < -0.3 is 10.1 Å². The zero-order chi connectivity index (χ0) is 12.4. The van der Waals surface area contributed by atoms with Crippen LogP contribution in [0.4, 0.5) is 5.13 Å². The van der Waals surface area contributed by atoms with Gasteiger partial charge >= 0.3 is 0 Å². The number of anilines is 1. The molecule has 4 heteroatoms. The number of aromatic nitrogens is 1. The maximum absolute atomic E-state index is 5.42. The van der Waals surface area contributed by atoms with E-state index in [1.807, 2.05) is 12.4 Å². The summed E-state index contributed by atoms with van der Waals surface area (Å²) in [5, 5.41) is 6.00. The maximum Gasteiger partial charge on any atom is 0.182 e. The summed E-state index contributed by atoms with van der Waals surface area (Å²) in [5.41, 5.74) is 4.49. The number of rotatable bonds is 3. The lowest BCUT2D eigenvalue weighted by Crippen LogP contribution is -1.92. The standard InChI is InChI=1S/C13H16N2OS/c1-8-5-10(12(16-4)6-9(8)2)11-7-17-13(14-3)15-11/h5-7H,1-4H3,(H,14,15).